The molecule has 10 aromatic rings. The molecule has 4 heterocycles. The average molecular weight is 866 g/mol. The minimum atomic E-state index is 0. The molecule has 0 spiro atoms. The quantitative estimate of drug-likeness (QED) is 0.139. The first-order chi connectivity index (χ1) is 25.5. The second-order valence-electron chi connectivity index (χ2n) is 12.2. The van der Waals surface area contributed by atoms with Crippen LogP contribution in [0.3, 0.4) is 0 Å². The van der Waals surface area contributed by atoms with Crippen LogP contribution in [0.1, 0.15) is 5.82 Å². The van der Waals surface area contributed by atoms with Gasteiger partial charge in [-0.2, -0.15) is 36.4 Å². The molecule has 0 N–H and O–H groups in total. The van der Waals surface area contributed by atoms with Gasteiger partial charge in [-0.15, -0.1) is 33.7 Å². The Morgan fingerprint density at radius 1 is 0.585 bits per heavy atom. The standard InChI is InChI=1S/2C18H13N2.C8H7N4.Ir/c2*1-19-13-20(18-11-5-4-10-17(18)19)16-12-6-8-14-7-2-3-9-15(14)16;1-6-10-8(12-11-6)7-4-2-3-5-9-7;/h2*2-11H,1H3;2-5H,1H3;/q3*-1;. The van der Waals surface area contributed by atoms with Crippen LogP contribution in [0.25, 0.3) is 66.5 Å². The second-order valence-corrected chi connectivity index (χ2v) is 12.2. The van der Waals surface area contributed by atoms with E-state index in [4.69, 9.17) is 0 Å². The minimum absolute atomic E-state index is 0. The van der Waals surface area contributed by atoms with Gasteiger partial charge in [0.05, 0.1) is 41.9 Å². The predicted octanol–water partition coefficient (Wildman–Crippen LogP) is 7.22. The van der Waals surface area contributed by atoms with Gasteiger partial charge in [-0.05, 0) is 24.9 Å². The molecule has 6 aromatic carbocycles. The molecule has 8 nitrogen and oxygen atoms in total. The summed E-state index contributed by atoms with van der Waals surface area (Å²) in [5.74, 6) is 1.27. The number of aromatic nitrogens is 8. The minimum Gasteiger partial charge on any atom is -0.421 e. The Morgan fingerprint density at radius 3 is 1.57 bits per heavy atom. The van der Waals surface area contributed by atoms with E-state index in [9.17, 15) is 0 Å². The Kier molecular flexibility index (Phi) is 10.3. The van der Waals surface area contributed by atoms with Crippen molar-refractivity contribution in [3.8, 4) is 22.9 Å². The number of imidazole rings is 2. The number of para-hydroxylation sites is 4. The second kappa shape index (κ2) is 15.5. The smallest absolute Gasteiger partial charge is 0.242 e. The van der Waals surface area contributed by atoms with Gasteiger partial charge in [-0.25, -0.2) is 0 Å². The van der Waals surface area contributed by atoms with Crippen LogP contribution in [0.2, 0.25) is 0 Å². The zero-order valence-electron chi connectivity index (χ0n) is 29.3. The van der Waals surface area contributed by atoms with E-state index in [0.29, 0.717) is 11.6 Å². The summed E-state index contributed by atoms with van der Waals surface area (Å²) in [5, 5.41) is 12.5. The van der Waals surface area contributed by atoms with E-state index < -0.39 is 0 Å². The van der Waals surface area contributed by atoms with Crippen molar-refractivity contribution in [1.29, 1.82) is 0 Å². The molecule has 0 amide bonds. The number of benzene rings is 6. The third-order valence-electron chi connectivity index (χ3n) is 8.76. The molecule has 0 fully saturated rings. The van der Waals surface area contributed by atoms with Gasteiger partial charge in [-0.1, -0.05) is 102 Å². The van der Waals surface area contributed by atoms with Crippen molar-refractivity contribution in [3.63, 3.8) is 0 Å². The zero-order chi connectivity index (χ0) is 35.4. The largest absolute Gasteiger partial charge is 0.421 e. The summed E-state index contributed by atoms with van der Waals surface area (Å²) in [6.07, 6.45) is 8.44. The maximum Gasteiger partial charge on any atom is 0.242 e. The molecule has 0 aliphatic heterocycles. The molecule has 0 aliphatic carbocycles. The first-order valence-corrected chi connectivity index (χ1v) is 16.9. The molecule has 0 atom stereocenters. The Hall–Kier alpha value is -6.28. The summed E-state index contributed by atoms with van der Waals surface area (Å²) < 4.78 is 8.20. The van der Waals surface area contributed by atoms with Gasteiger partial charge < -0.3 is 28.4 Å². The van der Waals surface area contributed by atoms with Gasteiger partial charge in [0.1, 0.15) is 0 Å². The van der Waals surface area contributed by atoms with Crippen LogP contribution in [0, 0.1) is 31.7 Å². The fourth-order valence-corrected chi connectivity index (χ4v) is 6.31. The number of aryl methyl sites for hydroxylation is 3. The van der Waals surface area contributed by atoms with Crippen molar-refractivity contribution in [2.45, 2.75) is 6.92 Å². The maximum absolute atomic E-state index is 4.10. The number of rotatable bonds is 3. The average Bonchev–Trinajstić information content (AvgIpc) is 3.90. The fourth-order valence-electron chi connectivity index (χ4n) is 6.31. The fraction of sp³-hybridized carbons (Fsp3) is 0.0682. The van der Waals surface area contributed by atoms with E-state index in [-0.39, 0.29) is 20.1 Å². The van der Waals surface area contributed by atoms with Crippen LogP contribution in [0.15, 0.2) is 146 Å². The van der Waals surface area contributed by atoms with E-state index >= 15 is 0 Å². The van der Waals surface area contributed by atoms with Gasteiger partial charge in [0, 0.05) is 32.1 Å². The first kappa shape index (κ1) is 35.1. The van der Waals surface area contributed by atoms with Crippen molar-refractivity contribution >= 4 is 43.6 Å². The topological polar surface area (TPSA) is 70.4 Å². The molecule has 0 aliphatic rings. The van der Waals surface area contributed by atoms with Crippen LogP contribution in [-0.4, -0.2) is 24.2 Å². The zero-order valence-corrected chi connectivity index (χ0v) is 31.7. The maximum atomic E-state index is 4.10. The van der Waals surface area contributed by atoms with E-state index in [1.165, 1.54) is 21.5 Å². The summed E-state index contributed by atoms with van der Waals surface area (Å²) >= 11 is 0. The Labute approximate surface area is 321 Å². The van der Waals surface area contributed by atoms with E-state index in [2.05, 4.69) is 151 Å². The normalized spacial score (nSPS) is 10.8. The number of nitrogens with zero attached hydrogens (tertiary/aromatic N) is 8. The van der Waals surface area contributed by atoms with Crippen molar-refractivity contribution in [2.75, 3.05) is 0 Å². The molecule has 10 rings (SSSR count). The Bertz CT molecular complexity index is 2630. The van der Waals surface area contributed by atoms with Crippen molar-refractivity contribution in [1.82, 2.24) is 29.3 Å². The summed E-state index contributed by atoms with van der Waals surface area (Å²) in [5.41, 5.74) is 7.45. The molecule has 9 heteroatoms. The van der Waals surface area contributed by atoms with E-state index in [1.807, 2.05) is 65.7 Å². The first-order valence-electron chi connectivity index (χ1n) is 16.9. The van der Waals surface area contributed by atoms with Crippen LogP contribution in [0.5, 0.6) is 0 Å². The van der Waals surface area contributed by atoms with Gasteiger partial charge in [0.15, 0.2) is 0 Å². The van der Waals surface area contributed by atoms with Crippen molar-refractivity contribution in [2.24, 2.45) is 14.1 Å². The summed E-state index contributed by atoms with van der Waals surface area (Å²) in [4.78, 5) is 8.19. The van der Waals surface area contributed by atoms with Crippen LogP contribution >= 0.6 is 0 Å². The molecule has 53 heavy (non-hydrogen) atoms. The third kappa shape index (κ3) is 7.13. The van der Waals surface area contributed by atoms with Crippen molar-refractivity contribution < 1.29 is 29.2 Å². The Balaban J connectivity index is 0.000000126. The van der Waals surface area contributed by atoms with E-state index in [1.54, 1.807) is 13.1 Å². The summed E-state index contributed by atoms with van der Waals surface area (Å²) in [6, 6.07) is 53.8. The van der Waals surface area contributed by atoms with Crippen molar-refractivity contribution in [3.05, 3.63) is 176 Å². The molecule has 0 bridgehead atoms. The van der Waals surface area contributed by atoms with Gasteiger partial charge >= 0.3 is 0 Å². The molecular formula is C44H33IrN8-3. The Morgan fingerprint density at radius 2 is 1.08 bits per heavy atom. The molecule has 4 aromatic heterocycles. The van der Waals surface area contributed by atoms with Gasteiger partial charge in [0.25, 0.3) is 0 Å². The van der Waals surface area contributed by atoms with Crippen LogP contribution in [0.4, 0.5) is 0 Å². The van der Waals surface area contributed by atoms with Crippen LogP contribution < -0.4 is 14.2 Å². The third-order valence-corrected chi connectivity index (χ3v) is 8.76. The summed E-state index contributed by atoms with van der Waals surface area (Å²) in [7, 11) is 4.04. The van der Waals surface area contributed by atoms with Crippen LogP contribution in [-0.2, 0) is 34.2 Å². The number of hydrogen-bond donors (Lipinski definition) is 0. The molecule has 261 valence electrons. The predicted molar refractivity (Wildman–Crippen MR) is 203 cm³/mol. The number of fused-ring (bicyclic) bond motifs is 4. The van der Waals surface area contributed by atoms with Gasteiger partial charge in [-0.3, -0.25) is 10.1 Å². The van der Waals surface area contributed by atoms with Gasteiger partial charge in [0.2, 0.25) is 12.7 Å². The molecule has 0 saturated heterocycles. The molecule has 1 radical (unpaired) electrons. The SMILES string of the molecule is C[n+]1[c-]n(-c2[c-]ccc3ccccc23)c2ccccc21.C[n+]1[c-]n(-c2[c-]ccc3ccccc23)c2ccccc21.Cc1n[n-]c(-c2ccccn2)n1.[Ir]. The molecular weight excluding hydrogens is 833 g/mol. The monoisotopic (exact) mass is 866 g/mol. The number of hydrogen-bond acceptors (Lipinski definition) is 3. The summed E-state index contributed by atoms with van der Waals surface area (Å²) in [6.45, 7) is 1.80. The van der Waals surface area contributed by atoms with E-state index in [0.717, 1.165) is 39.1 Å². The number of pyridine rings is 1. The molecule has 0 saturated carbocycles. The molecule has 0 unspecified atom stereocenters.